The van der Waals surface area contributed by atoms with Gasteiger partial charge in [0.15, 0.2) is 5.82 Å². The molecule has 0 aliphatic carbocycles. The van der Waals surface area contributed by atoms with Crippen LogP contribution < -0.4 is 10.3 Å². The summed E-state index contributed by atoms with van der Waals surface area (Å²) in [4.78, 5) is 18.4. The number of hydrogen-bond acceptors (Lipinski definition) is 4. The molecule has 5 nitrogen and oxygen atoms in total. The van der Waals surface area contributed by atoms with Crippen molar-refractivity contribution in [2.45, 2.75) is 40.0 Å². The smallest absolute Gasteiger partial charge is 0.282 e. The standard InChI is InChI=1S/C28H29N3O2/c1-6-20-11-13-21(14-12-20)17-29-31-27(30-25-10-8-7-9-22(25)28(31)32)24-16-23(18(2)3)26(33-5)15-19(24)4/h7-18H,6H2,1-5H3. The van der Waals surface area contributed by atoms with Crippen LogP contribution in [0.4, 0.5) is 0 Å². The van der Waals surface area contributed by atoms with Crippen LogP contribution in [0.1, 0.15) is 48.9 Å². The maximum atomic E-state index is 13.5. The second-order valence-electron chi connectivity index (χ2n) is 8.47. The van der Waals surface area contributed by atoms with Crippen LogP contribution in [-0.2, 0) is 6.42 Å². The highest BCUT2D eigenvalue weighted by Gasteiger charge is 2.18. The number of ether oxygens (including phenoxy) is 1. The Morgan fingerprint density at radius 1 is 1.09 bits per heavy atom. The van der Waals surface area contributed by atoms with Crippen LogP contribution >= 0.6 is 0 Å². The predicted octanol–water partition coefficient (Wildman–Crippen LogP) is 5.95. The second kappa shape index (κ2) is 9.41. The zero-order valence-corrected chi connectivity index (χ0v) is 19.8. The van der Waals surface area contributed by atoms with E-state index < -0.39 is 0 Å². The number of rotatable bonds is 6. The largest absolute Gasteiger partial charge is 0.496 e. The molecule has 0 saturated heterocycles. The van der Waals surface area contributed by atoms with Gasteiger partial charge in [-0.2, -0.15) is 9.78 Å². The van der Waals surface area contributed by atoms with Gasteiger partial charge in [-0.3, -0.25) is 4.79 Å². The molecule has 0 atom stereocenters. The Morgan fingerprint density at radius 3 is 2.48 bits per heavy atom. The highest BCUT2D eigenvalue weighted by atomic mass is 16.5. The Hall–Kier alpha value is -3.73. The van der Waals surface area contributed by atoms with E-state index in [9.17, 15) is 4.79 Å². The van der Waals surface area contributed by atoms with Crippen molar-refractivity contribution in [3.8, 4) is 17.1 Å². The molecular weight excluding hydrogens is 410 g/mol. The van der Waals surface area contributed by atoms with E-state index in [0.29, 0.717) is 16.7 Å². The summed E-state index contributed by atoms with van der Waals surface area (Å²) in [5.74, 6) is 1.60. The molecule has 0 aliphatic rings. The lowest BCUT2D eigenvalue weighted by Crippen LogP contribution is -2.20. The van der Waals surface area contributed by atoms with E-state index in [0.717, 1.165) is 34.4 Å². The van der Waals surface area contributed by atoms with Gasteiger partial charge in [0.2, 0.25) is 0 Å². The number of nitrogens with zero attached hydrogens (tertiary/aromatic N) is 3. The molecule has 0 fully saturated rings. The minimum atomic E-state index is -0.196. The van der Waals surface area contributed by atoms with Gasteiger partial charge >= 0.3 is 0 Å². The van der Waals surface area contributed by atoms with E-state index in [1.807, 2.05) is 43.3 Å². The molecule has 3 aromatic carbocycles. The normalized spacial score (nSPS) is 11.6. The number of methoxy groups -OCH3 is 1. The van der Waals surface area contributed by atoms with Crippen LogP contribution in [0, 0.1) is 6.92 Å². The highest BCUT2D eigenvalue weighted by Crippen LogP contribution is 2.34. The number of para-hydroxylation sites is 1. The lowest BCUT2D eigenvalue weighted by Gasteiger charge is -2.17. The number of fused-ring (bicyclic) bond motifs is 1. The zero-order chi connectivity index (χ0) is 23.5. The van der Waals surface area contributed by atoms with E-state index in [-0.39, 0.29) is 11.5 Å². The van der Waals surface area contributed by atoms with Crippen molar-refractivity contribution < 1.29 is 4.74 Å². The van der Waals surface area contributed by atoms with Gasteiger partial charge in [0.05, 0.1) is 24.2 Å². The number of aromatic nitrogens is 2. The quantitative estimate of drug-likeness (QED) is 0.349. The molecule has 0 saturated carbocycles. The van der Waals surface area contributed by atoms with Crippen molar-refractivity contribution in [1.82, 2.24) is 9.66 Å². The third-order valence-corrected chi connectivity index (χ3v) is 5.90. The molecule has 168 valence electrons. The molecule has 1 aromatic heterocycles. The van der Waals surface area contributed by atoms with Gasteiger partial charge in [-0.05, 0) is 65.8 Å². The first-order valence-corrected chi connectivity index (χ1v) is 11.3. The fourth-order valence-corrected chi connectivity index (χ4v) is 3.94. The molecule has 1 heterocycles. The zero-order valence-electron chi connectivity index (χ0n) is 19.8. The third kappa shape index (κ3) is 4.44. The lowest BCUT2D eigenvalue weighted by atomic mass is 9.96. The van der Waals surface area contributed by atoms with Gasteiger partial charge in [0.1, 0.15) is 5.75 Å². The van der Waals surface area contributed by atoms with Crippen LogP contribution in [0.2, 0.25) is 0 Å². The van der Waals surface area contributed by atoms with E-state index in [1.165, 1.54) is 10.2 Å². The van der Waals surface area contributed by atoms with Gasteiger partial charge in [0, 0.05) is 5.56 Å². The predicted molar refractivity (Wildman–Crippen MR) is 136 cm³/mol. The van der Waals surface area contributed by atoms with Gasteiger partial charge in [-0.15, -0.1) is 0 Å². The molecular formula is C28H29N3O2. The fraction of sp³-hybridized carbons (Fsp3) is 0.250. The fourth-order valence-electron chi connectivity index (χ4n) is 3.94. The van der Waals surface area contributed by atoms with Gasteiger partial charge in [-0.25, -0.2) is 4.98 Å². The van der Waals surface area contributed by atoms with Crippen LogP contribution in [0.15, 0.2) is 70.6 Å². The number of aryl methyl sites for hydroxylation is 2. The molecule has 0 unspecified atom stereocenters. The van der Waals surface area contributed by atoms with Crippen molar-refractivity contribution in [2.75, 3.05) is 7.11 Å². The summed E-state index contributed by atoms with van der Waals surface area (Å²) < 4.78 is 7.02. The van der Waals surface area contributed by atoms with Crippen LogP contribution in [0.25, 0.3) is 22.3 Å². The number of hydrogen-bond donors (Lipinski definition) is 0. The first-order chi connectivity index (χ1) is 15.9. The minimum Gasteiger partial charge on any atom is -0.496 e. The summed E-state index contributed by atoms with van der Waals surface area (Å²) in [6, 6.07) is 19.6. The summed E-state index contributed by atoms with van der Waals surface area (Å²) in [6.45, 7) is 8.37. The monoisotopic (exact) mass is 439 g/mol. The van der Waals surface area contributed by atoms with Gasteiger partial charge < -0.3 is 4.74 Å². The van der Waals surface area contributed by atoms with E-state index in [2.05, 4.69) is 44.1 Å². The molecule has 0 N–H and O–H groups in total. The average Bonchev–Trinajstić information content (AvgIpc) is 2.83. The van der Waals surface area contributed by atoms with Crippen molar-refractivity contribution in [3.63, 3.8) is 0 Å². The maximum absolute atomic E-state index is 13.5. The highest BCUT2D eigenvalue weighted by molar-refractivity contribution is 5.82. The van der Waals surface area contributed by atoms with Crippen molar-refractivity contribution >= 4 is 17.1 Å². The van der Waals surface area contributed by atoms with E-state index in [4.69, 9.17) is 9.72 Å². The number of benzene rings is 3. The molecule has 0 radical (unpaired) electrons. The van der Waals surface area contributed by atoms with Crippen LogP contribution in [0.3, 0.4) is 0 Å². The second-order valence-corrected chi connectivity index (χ2v) is 8.47. The molecule has 0 amide bonds. The van der Waals surface area contributed by atoms with Crippen molar-refractivity contribution in [2.24, 2.45) is 5.10 Å². The summed E-state index contributed by atoms with van der Waals surface area (Å²) in [6.07, 6.45) is 2.69. The van der Waals surface area contributed by atoms with Crippen molar-refractivity contribution in [3.05, 3.63) is 93.3 Å². The topological polar surface area (TPSA) is 56.5 Å². The summed E-state index contributed by atoms with van der Waals surface area (Å²) in [7, 11) is 1.68. The minimum absolute atomic E-state index is 0.196. The molecule has 33 heavy (non-hydrogen) atoms. The SMILES string of the molecule is CCc1ccc(C=Nn2c(-c3cc(C(C)C)c(OC)cc3C)nc3ccccc3c2=O)cc1. The van der Waals surface area contributed by atoms with Gasteiger partial charge in [0.25, 0.3) is 5.56 Å². The third-order valence-electron chi connectivity index (χ3n) is 5.90. The molecule has 4 aromatic rings. The Balaban J connectivity index is 1.95. The first-order valence-electron chi connectivity index (χ1n) is 11.3. The Kier molecular flexibility index (Phi) is 6.40. The lowest BCUT2D eigenvalue weighted by molar-refractivity contribution is 0.407. The Bertz CT molecular complexity index is 1380. The molecule has 0 bridgehead atoms. The Morgan fingerprint density at radius 2 is 1.82 bits per heavy atom. The molecule has 0 aliphatic heterocycles. The summed E-state index contributed by atoms with van der Waals surface area (Å²) in [5.41, 5.74) is 5.53. The molecule has 4 rings (SSSR count). The summed E-state index contributed by atoms with van der Waals surface area (Å²) in [5, 5.41) is 5.14. The first kappa shape index (κ1) is 22.5. The van der Waals surface area contributed by atoms with Gasteiger partial charge in [-0.1, -0.05) is 57.2 Å². The molecule has 5 heteroatoms. The Labute approximate surface area is 194 Å². The van der Waals surface area contributed by atoms with E-state index in [1.54, 1.807) is 19.4 Å². The average molecular weight is 440 g/mol. The van der Waals surface area contributed by atoms with Crippen molar-refractivity contribution in [1.29, 1.82) is 0 Å². The molecule has 0 spiro atoms. The van der Waals surface area contributed by atoms with E-state index >= 15 is 0 Å². The summed E-state index contributed by atoms with van der Waals surface area (Å²) >= 11 is 0. The van der Waals surface area contributed by atoms with Crippen LogP contribution in [-0.4, -0.2) is 23.0 Å². The maximum Gasteiger partial charge on any atom is 0.282 e. The van der Waals surface area contributed by atoms with Crippen LogP contribution in [0.5, 0.6) is 5.75 Å².